The fourth-order valence-corrected chi connectivity index (χ4v) is 2.25. The Hall–Kier alpha value is -1.75. The highest BCUT2D eigenvalue weighted by atomic mass is 32.2. The highest BCUT2D eigenvalue weighted by molar-refractivity contribution is 7.90. The zero-order chi connectivity index (χ0) is 13.3. The fraction of sp³-hybridized carbons (Fsp3) is 0.0769. The van der Waals surface area contributed by atoms with Crippen molar-refractivity contribution in [2.45, 2.75) is 4.90 Å². The van der Waals surface area contributed by atoms with Crippen molar-refractivity contribution in [2.24, 2.45) is 0 Å². The Morgan fingerprint density at radius 1 is 0.833 bits per heavy atom. The molecule has 0 aromatic heterocycles. The summed E-state index contributed by atoms with van der Waals surface area (Å²) < 4.78 is 48.6. The second-order valence-corrected chi connectivity index (χ2v) is 5.97. The van der Waals surface area contributed by atoms with Gasteiger partial charge in [-0.15, -0.1) is 0 Å². The molecule has 0 spiro atoms. The molecule has 0 radical (unpaired) electrons. The van der Waals surface area contributed by atoms with Crippen LogP contribution in [0.1, 0.15) is 0 Å². The molecule has 0 aliphatic carbocycles. The predicted molar refractivity (Wildman–Crippen MR) is 64.9 cm³/mol. The van der Waals surface area contributed by atoms with E-state index in [4.69, 9.17) is 0 Å². The van der Waals surface area contributed by atoms with Crippen molar-refractivity contribution in [1.82, 2.24) is 0 Å². The number of hydrogen-bond acceptors (Lipinski definition) is 2. The van der Waals surface area contributed by atoms with Gasteiger partial charge < -0.3 is 0 Å². The van der Waals surface area contributed by atoms with Gasteiger partial charge in [0.1, 0.15) is 11.6 Å². The first kappa shape index (κ1) is 12.7. The van der Waals surface area contributed by atoms with Crippen LogP contribution in [0.5, 0.6) is 0 Å². The van der Waals surface area contributed by atoms with Gasteiger partial charge in [0, 0.05) is 12.3 Å². The molecule has 2 rings (SSSR count). The highest BCUT2D eigenvalue weighted by Crippen LogP contribution is 2.23. The second-order valence-electron chi connectivity index (χ2n) is 3.95. The lowest BCUT2D eigenvalue weighted by molar-refractivity contribution is 0.584. The topological polar surface area (TPSA) is 34.1 Å². The molecule has 0 amide bonds. The van der Waals surface area contributed by atoms with Crippen molar-refractivity contribution in [3.8, 4) is 11.1 Å². The standard InChI is InChI=1S/C13H10F2O2S/c1-18(16,17)13-4-2-9(3-5-13)10-6-11(14)8-12(15)7-10/h2-8H,1H3. The lowest BCUT2D eigenvalue weighted by Gasteiger charge is -2.04. The van der Waals surface area contributed by atoms with E-state index >= 15 is 0 Å². The van der Waals surface area contributed by atoms with Crippen LogP contribution in [0.2, 0.25) is 0 Å². The van der Waals surface area contributed by atoms with Crippen LogP contribution in [0.3, 0.4) is 0 Å². The van der Waals surface area contributed by atoms with Crippen molar-refractivity contribution >= 4 is 9.84 Å². The van der Waals surface area contributed by atoms with Crippen LogP contribution in [-0.2, 0) is 9.84 Å². The molecule has 0 atom stereocenters. The van der Waals surface area contributed by atoms with Crippen LogP contribution in [0.25, 0.3) is 11.1 Å². The van der Waals surface area contributed by atoms with E-state index in [1.807, 2.05) is 0 Å². The minimum atomic E-state index is -3.27. The van der Waals surface area contributed by atoms with Crippen LogP contribution in [0, 0.1) is 11.6 Å². The maximum Gasteiger partial charge on any atom is 0.175 e. The third-order valence-corrected chi connectivity index (χ3v) is 3.61. The first-order chi connectivity index (χ1) is 8.36. The summed E-state index contributed by atoms with van der Waals surface area (Å²) in [5.41, 5.74) is 0.924. The van der Waals surface area contributed by atoms with Crippen LogP contribution < -0.4 is 0 Å². The number of sulfone groups is 1. The third kappa shape index (κ3) is 2.73. The monoisotopic (exact) mass is 268 g/mol. The average Bonchev–Trinajstić information content (AvgIpc) is 2.27. The van der Waals surface area contributed by atoms with Crippen molar-refractivity contribution in [1.29, 1.82) is 0 Å². The quantitative estimate of drug-likeness (QED) is 0.839. The molecule has 18 heavy (non-hydrogen) atoms. The van der Waals surface area contributed by atoms with Crippen LogP contribution in [-0.4, -0.2) is 14.7 Å². The molecule has 0 aliphatic heterocycles. The van der Waals surface area contributed by atoms with E-state index in [-0.39, 0.29) is 4.90 Å². The summed E-state index contributed by atoms with van der Waals surface area (Å²) in [4.78, 5) is 0.170. The van der Waals surface area contributed by atoms with E-state index in [1.54, 1.807) is 0 Å². The van der Waals surface area contributed by atoms with Gasteiger partial charge in [-0.05, 0) is 35.4 Å². The first-order valence-electron chi connectivity index (χ1n) is 5.13. The van der Waals surface area contributed by atoms with Crippen molar-refractivity contribution in [3.63, 3.8) is 0 Å². The van der Waals surface area contributed by atoms with E-state index < -0.39 is 21.5 Å². The van der Waals surface area contributed by atoms with Gasteiger partial charge >= 0.3 is 0 Å². The normalized spacial score (nSPS) is 11.5. The molecule has 0 heterocycles. The summed E-state index contributed by atoms with van der Waals surface area (Å²) in [6, 6.07) is 9.03. The Morgan fingerprint density at radius 2 is 1.33 bits per heavy atom. The van der Waals surface area contributed by atoms with Gasteiger partial charge in [0.25, 0.3) is 0 Å². The summed E-state index contributed by atoms with van der Waals surface area (Å²) in [7, 11) is -3.27. The molecule has 94 valence electrons. The predicted octanol–water partition coefficient (Wildman–Crippen LogP) is 3.04. The van der Waals surface area contributed by atoms with E-state index in [0.29, 0.717) is 11.1 Å². The Bertz CT molecular complexity index is 656. The third-order valence-electron chi connectivity index (χ3n) is 2.48. The maximum atomic E-state index is 13.0. The summed E-state index contributed by atoms with van der Waals surface area (Å²) in [5, 5.41) is 0. The van der Waals surface area contributed by atoms with Crippen LogP contribution in [0.4, 0.5) is 8.78 Å². The molecule has 2 aromatic carbocycles. The highest BCUT2D eigenvalue weighted by Gasteiger charge is 2.08. The molecule has 2 aromatic rings. The van der Waals surface area contributed by atoms with E-state index in [1.165, 1.54) is 36.4 Å². The van der Waals surface area contributed by atoms with Gasteiger partial charge in [-0.1, -0.05) is 12.1 Å². The van der Waals surface area contributed by atoms with Gasteiger partial charge in [-0.3, -0.25) is 0 Å². The summed E-state index contributed by atoms with van der Waals surface area (Å²) in [6.07, 6.45) is 1.10. The summed E-state index contributed by atoms with van der Waals surface area (Å²) in [6.45, 7) is 0. The zero-order valence-electron chi connectivity index (χ0n) is 9.52. The molecular formula is C13H10F2O2S. The largest absolute Gasteiger partial charge is 0.224 e. The van der Waals surface area contributed by atoms with E-state index in [2.05, 4.69) is 0 Å². The van der Waals surface area contributed by atoms with Gasteiger partial charge in [0.05, 0.1) is 4.90 Å². The zero-order valence-corrected chi connectivity index (χ0v) is 10.3. The summed E-state index contributed by atoms with van der Waals surface area (Å²) in [5.74, 6) is -1.34. The number of halogens is 2. The molecule has 0 unspecified atom stereocenters. The lowest BCUT2D eigenvalue weighted by Crippen LogP contribution is -1.96. The minimum absolute atomic E-state index is 0.170. The van der Waals surface area contributed by atoms with Crippen molar-refractivity contribution in [3.05, 3.63) is 54.1 Å². The number of rotatable bonds is 2. The molecule has 0 bridgehead atoms. The Balaban J connectivity index is 2.46. The minimum Gasteiger partial charge on any atom is -0.224 e. The van der Waals surface area contributed by atoms with Gasteiger partial charge in [0.2, 0.25) is 0 Å². The lowest BCUT2D eigenvalue weighted by atomic mass is 10.1. The van der Waals surface area contributed by atoms with E-state index in [9.17, 15) is 17.2 Å². The number of hydrogen-bond donors (Lipinski definition) is 0. The molecule has 0 saturated carbocycles. The SMILES string of the molecule is CS(=O)(=O)c1ccc(-c2cc(F)cc(F)c2)cc1. The second kappa shape index (κ2) is 4.49. The summed E-state index contributed by atoms with van der Waals surface area (Å²) >= 11 is 0. The molecule has 2 nitrogen and oxygen atoms in total. The Morgan fingerprint density at radius 3 is 1.78 bits per heavy atom. The van der Waals surface area contributed by atoms with Gasteiger partial charge in [-0.25, -0.2) is 17.2 Å². The van der Waals surface area contributed by atoms with Crippen molar-refractivity contribution in [2.75, 3.05) is 6.26 Å². The van der Waals surface area contributed by atoms with Crippen LogP contribution >= 0.6 is 0 Å². The van der Waals surface area contributed by atoms with E-state index in [0.717, 1.165) is 12.3 Å². The van der Waals surface area contributed by atoms with Crippen LogP contribution in [0.15, 0.2) is 47.4 Å². The molecule has 0 saturated heterocycles. The maximum absolute atomic E-state index is 13.0. The molecule has 0 N–H and O–H groups in total. The fourth-order valence-electron chi connectivity index (χ4n) is 1.62. The Kier molecular flexibility index (Phi) is 3.17. The van der Waals surface area contributed by atoms with Gasteiger partial charge in [-0.2, -0.15) is 0 Å². The molecule has 0 fully saturated rings. The molecular weight excluding hydrogens is 258 g/mol. The molecule has 0 aliphatic rings. The smallest absolute Gasteiger partial charge is 0.175 e. The van der Waals surface area contributed by atoms with Gasteiger partial charge in [0.15, 0.2) is 9.84 Å². The average molecular weight is 268 g/mol. The molecule has 5 heteroatoms. The Labute approximate surface area is 104 Å². The first-order valence-corrected chi connectivity index (χ1v) is 7.02. The number of benzene rings is 2. The van der Waals surface area contributed by atoms with Crippen molar-refractivity contribution < 1.29 is 17.2 Å².